The molecule has 0 bridgehead atoms. The minimum atomic E-state index is 0.168. The number of halogens is 2. The zero-order valence-corrected chi connectivity index (χ0v) is 6.91. The molecule has 0 saturated carbocycles. The van der Waals surface area contributed by atoms with Gasteiger partial charge in [-0.15, -0.1) is 11.6 Å². The minimum absolute atomic E-state index is 0.168. The molecular weight excluding hydrogens is 155 g/mol. The zero-order valence-electron chi connectivity index (χ0n) is 5.40. The molecule has 0 spiro atoms. The van der Waals surface area contributed by atoms with E-state index in [1.165, 1.54) is 0 Å². The molecule has 52 valence electrons. The van der Waals surface area contributed by atoms with Gasteiger partial charge in [-0.25, -0.2) is 0 Å². The molecule has 2 atom stereocenters. The first-order valence-electron chi connectivity index (χ1n) is 3.18. The Morgan fingerprint density at radius 1 is 1.67 bits per heavy atom. The number of hydrogen-bond acceptors (Lipinski definition) is 0. The molecule has 0 aliphatic heterocycles. The summed E-state index contributed by atoms with van der Waals surface area (Å²) in [7, 11) is 0. The fourth-order valence-corrected chi connectivity index (χ4v) is 2.07. The van der Waals surface area contributed by atoms with Gasteiger partial charge >= 0.3 is 0 Å². The normalized spacial score (nSPS) is 36.1. The molecule has 2 heteroatoms. The molecule has 0 aromatic carbocycles. The Balaban J connectivity index is 2.56. The third-order valence-electron chi connectivity index (χ3n) is 1.53. The van der Waals surface area contributed by atoms with Crippen LogP contribution in [-0.4, -0.2) is 5.38 Å². The van der Waals surface area contributed by atoms with E-state index in [0.717, 1.165) is 17.9 Å². The van der Waals surface area contributed by atoms with E-state index in [1.807, 2.05) is 6.08 Å². The molecule has 0 saturated heterocycles. The first-order chi connectivity index (χ1) is 4.18. The topological polar surface area (TPSA) is 0 Å². The molecule has 0 heterocycles. The molecule has 1 unspecified atom stereocenters. The van der Waals surface area contributed by atoms with Crippen LogP contribution in [0.2, 0.25) is 0 Å². The predicted molar refractivity (Wildman–Crippen MR) is 42.0 cm³/mol. The highest BCUT2D eigenvalue weighted by Gasteiger charge is 2.15. The van der Waals surface area contributed by atoms with Crippen LogP contribution in [0.1, 0.15) is 19.8 Å². The van der Waals surface area contributed by atoms with Crippen LogP contribution in [0.5, 0.6) is 0 Å². The third-order valence-corrected chi connectivity index (χ3v) is 2.12. The van der Waals surface area contributed by atoms with E-state index >= 15 is 0 Å². The summed E-state index contributed by atoms with van der Waals surface area (Å²) < 4.78 is 0. The molecule has 0 aromatic rings. The highest BCUT2D eigenvalue weighted by molar-refractivity contribution is 6.31. The lowest BCUT2D eigenvalue weighted by Crippen LogP contribution is -2.09. The first-order valence-corrected chi connectivity index (χ1v) is 4.00. The van der Waals surface area contributed by atoms with E-state index in [2.05, 4.69) is 6.92 Å². The number of alkyl halides is 1. The lowest BCUT2D eigenvalue weighted by Gasteiger charge is -2.18. The smallest absolute Gasteiger partial charge is 0.0532 e. The maximum atomic E-state index is 5.85. The van der Waals surface area contributed by atoms with E-state index < -0.39 is 0 Å². The van der Waals surface area contributed by atoms with Crippen LogP contribution in [0, 0.1) is 5.92 Å². The Hall–Kier alpha value is 0.320. The quantitative estimate of drug-likeness (QED) is 0.483. The Morgan fingerprint density at radius 2 is 2.33 bits per heavy atom. The number of hydrogen-bond donors (Lipinski definition) is 0. The van der Waals surface area contributed by atoms with Crippen molar-refractivity contribution in [1.29, 1.82) is 0 Å². The number of rotatable bonds is 0. The van der Waals surface area contributed by atoms with Gasteiger partial charge in [0.25, 0.3) is 0 Å². The van der Waals surface area contributed by atoms with E-state index in [1.54, 1.807) is 0 Å². The zero-order chi connectivity index (χ0) is 6.85. The van der Waals surface area contributed by atoms with Gasteiger partial charge < -0.3 is 0 Å². The average Bonchev–Trinajstić information content (AvgIpc) is 1.59. The van der Waals surface area contributed by atoms with Crippen molar-refractivity contribution in [1.82, 2.24) is 0 Å². The molecule has 9 heavy (non-hydrogen) atoms. The monoisotopic (exact) mass is 164 g/mol. The van der Waals surface area contributed by atoms with Crippen LogP contribution in [0.15, 0.2) is 11.1 Å². The van der Waals surface area contributed by atoms with Crippen molar-refractivity contribution in [3.05, 3.63) is 11.1 Å². The Labute approximate surface area is 65.8 Å². The van der Waals surface area contributed by atoms with Gasteiger partial charge in [0.1, 0.15) is 0 Å². The molecule has 1 rings (SSSR count). The maximum absolute atomic E-state index is 5.85. The van der Waals surface area contributed by atoms with Crippen LogP contribution < -0.4 is 0 Å². The molecular formula is C7H10Cl2. The Morgan fingerprint density at radius 3 is 2.78 bits per heavy atom. The van der Waals surface area contributed by atoms with Crippen LogP contribution in [0.3, 0.4) is 0 Å². The molecule has 1 aliphatic rings. The van der Waals surface area contributed by atoms with Gasteiger partial charge in [0.05, 0.1) is 5.38 Å². The summed E-state index contributed by atoms with van der Waals surface area (Å²) >= 11 is 11.6. The van der Waals surface area contributed by atoms with Crippen LogP contribution in [0.25, 0.3) is 0 Å². The highest BCUT2D eigenvalue weighted by Crippen LogP contribution is 2.28. The van der Waals surface area contributed by atoms with E-state index in [-0.39, 0.29) is 5.38 Å². The SMILES string of the molecule is C[C@H]1CC(Cl)=CC(Cl)C1. The highest BCUT2D eigenvalue weighted by atomic mass is 35.5. The lowest BCUT2D eigenvalue weighted by molar-refractivity contribution is 0.525. The summed E-state index contributed by atoms with van der Waals surface area (Å²) in [6.45, 7) is 2.17. The summed E-state index contributed by atoms with van der Waals surface area (Å²) in [4.78, 5) is 0. The summed E-state index contributed by atoms with van der Waals surface area (Å²) in [6, 6.07) is 0. The maximum Gasteiger partial charge on any atom is 0.0532 e. The van der Waals surface area contributed by atoms with Gasteiger partial charge in [-0.3, -0.25) is 0 Å². The van der Waals surface area contributed by atoms with Crippen LogP contribution in [-0.2, 0) is 0 Å². The van der Waals surface area contributed by atoms with Crippen molar-refractivity contribution in [2.75, 3.05) is 0 Å². The lowest BCUT2D eigenvalue weighted by atomic mass is 9.96. The Bertz CT molecular complexity index is 129. The van der Waals surface area contributed by atoms with Gasteiger partial charge in [-0.1, -0.05) is 24.6 Å². The Kier molecular flexibility index (Phi) is 2.42. The predicted octanol–water partition coefficient (Wildman–Crippen LogP) is 3.15. The molecule has 0 amide bonds. The van der Waals surface area contributed by atoms with Crippen LogP contribution in [0.4, 0.5) is 0 Å². The standard InChI is InChI=1S/C7H10Cl2/c1-5-2-6(8)4-7(9)3-5/h4-6H,2-3H2,1H3/t5-,6?/m1/s1. The van der Waals surface area contributed by atoms with Gasteiger partial charge in [-0.2, -0.15) is 0 Å². The van der Waals surface area contributed by atoms with E-state index in [9.17, 15) is 0 Å². The van der Waals surface area contributed by atoms with Gasteiger partial charge in [0.15, 0.2) is 0 Å². The summed E-state index contributed by atoms with van der Waals surface area (Å²) in [5, 5.41) is 1.09. The van der Waals surface area contributed by atoms with Crippen LogP contribution >= 0.6 is 23.2 Å². The first kappa shape index (κ1) is 7.43. The fraction of sp³-hybridized carbons (Fsp3) is 0.714. The minimum Gasteiger partial charge on any atom is -0.118 e. The van der Waals surface area contributed by atoms with Crippen molar-refractivity contribution in [3.8, 4) is 0 Å². The van der Waals surface area contributed by atoms with Crippen molar-refractivity contribution in [2.45, 2.75) is 25.1 Å². The average molecular weight is 165 g/mol. The summed E-state index contributed by atoms with van der Waals surface area (Å²) in [5.41, 5.74) is 0. The molecule has 0 fully saturated rings. The molecule has 1 aliphatic carbocycles. The second kappa shape index (κ2) is 2.94. The van der Waals surface area contributed by atoms with Crippen molar-refractivity contribution in [3.63, 3.8) is 0 Å². The van der Waals surface area contributed by atoms with Crippen molar-refractivity contribution >= 4 is 23.2 Å². The van der Waals surface area contributed by atoms with Crippen molar-refractivity contribution < 1.29 is 0 Å². The number of allylic oxidation sites excluding steroid dienone is 2. The molecule has 0 radical (unpaired) electrons. The van der Waals surface area contributed by atoms with E-state index in [4.69, 9.17) is 23.2 Å². The second-order valence-corrected chi connectivity index (χ2v) is 3.72. The van der Waals surface area contributed by atoms with Gasteiger partial charge in [0.2, 0.25) is 0 Å². The summed E-state index contributed by atoms with van der Waals surface area (Å²) in [6.07, 6.45) is 4.01. The van der Waals surface area contributed by atoms with Gasteiger partial charge in [0, 0.05) is 5.03 Å². The largest absolute Gasteiger partial charge is 0.118 e. The van der Waals surface area contributed by atoms with E-state index in [0.29, 0.717) is 5.92 Å². The van der Waals surface area contributed by atoms with Crippen molar-refractivity contribution in [2.24, 2.45) is 5.92 Å². The summed E-state index contributed by atoms with van der Waals surface area (Å²) in [5.74, 6) is 0.657. The molecule has 0 nitrogen and oxygen atoms in total. The second-order valence-electron chi connectivity index (χ2n) is 2.67. The third kappa shape index (κ3) is 2.19. The molecule has 0 aromatic heterocycles. The fourth-order valence-electron chi connectivity index (χ4n) is 1.13. The van der Waals surface area contributed by atoms with Gasteiger partial charge in [-0.05, 0) is 18.8 Å². The molecule has 0 N–H and O–H groups in total.